The van der Waals surface area contributed by atoms with E-state index in [9.17, 15) is 14.9 Å². The number of hydrogen-bond donors (Lipinski definition) is 1. The lowest BCUT2D eigenvalue weighted by Gasteiger charge is -2.27. The molecule has 6 nitrogen and oxygen atoms in total. The minimum absolute atomic E-state index is 0.0859. The second kappa shape index (κ2) is 10.0. The zero-order chi connectivity index (χ0) is 22.3. The Hall–Kier alpha value is -3.76. The first-order valence-electron chi connectivity index (χ1n) is 10.4. The van der Waals surface area contributed by atoms with E-state index in [1.807, 2.05) is 47.4 Å². The SMILES string of the molecule is N#Cc1c(NC(=O)/C=C/c2ccccc2)sc2c1CCN(C(=O)CCc1cccnc1)C2. The number of fused-ring (bicyclic) bond motifs is 1. The molecule has 1 aliphatic heterocycles. The largest absolute Gasteiger partial charge is 0.337 e. The smallest absolute Gasteiger partial charge is 0.249 e. The number of hydrogen-bond acceptors (Lipinski definition) is 5. The van der Waals surface area contributed by atoms with E-state index in [-0.39, 0.29) is 11.8 Å². The Morgan fingerprint density at radius 1 is 1.22 bits per heavy atom. The first-order valence-corrected chi connectivity index (χ1v) is 11.2. The van der Waals surface area contributed by atoms with Crippen LogP contribution in [0, 0.1) is 11.3 Å². The van der Waals surface area contributed by atoms with Crippen molar-refractivity contribution in [1.82, 2.24) is 9.88 Å². The molecule has 0 saturated carbocycles. The van der Waals surface area contributed by atoms with Crippen LogP contribution in [-0.2, 0) is 29.0 Å². The van der Waals surface area contributed by atoms with Crippen LogP contribution in [0.2, 0.25) is 0 Å². The molecule has 1 aliphatic rings. The number of amides is 2. The summed E-state index contributed by atoms with van der Waals surface area (Å²) in [6, 6.07) is 15.6. The van der Waals surface area contributed by atoms with E-state index in [0.717, 1.165) is 21.6 Å². The lowest BCUT2D eigenvalue weighted by Crippen LogP contribution is -2.35. The standard InChI is InChI=1S/C25H22N4O2S/c26-15-21-20-12-14-29(24(31)11-9-19-7-4-13-27-16-19)17-22(20)32-25(21)28-23(30)10-8-18-5-2-1-3-6-18/h1-8,10,13,16H,9,11-12,14,17H2,(H,28,30)/b10-8+. The summed E-state index contributed by atoms with van der Waals surface area (Å²) in [6.45, 7) is 1.04. The van der Waals surface area contributed by atoms with Gasteiger partial charge in [0.25, 0.3) is 0 Å². The molecule has 0 atom stereocenters. The second-order valence-corrected chi connectivity index (χ2v) is 8.58. The number of rotatable bonds is 6. The van der Waals surface area contributed by atoms with E-state index in [4.69, 9.17) is 0 Å². The zero-order valence-corrected chi connectivity index (χ0v) is 18.3. The highest BCUT2D eigenvalue weighted by atomic mass is 32.1. The molecule has 2 amide bonds. The van der Waals surface area contributed by atoms with Crippen LogP contribution in [0.15, 0.2) is 60.9 Å². The Morgan fingerprint density at radius 3 is 2.81 bits per heavy atom. The summed E-state index contributed by atoms with van der Waals surface area (Å²) >= 11 is 1.38. The van der Waals surface area contributed by atoms with Crippen molar-refractivity contribution in [1.29, 1.82) is 5.26 Å². The summed E-state index contributed by atoms with van der Waals surface area (Å²) < 4.78 is 0. The topological polar surface area (TPSA) is 86.1 Å². The lowest BCUT2D eigenvalue weighted by atomic mass is 10.0. The van der Waals surface area contributed by atoms with Crippen molar-refractivity contribution in [2.45, 2.75) is 25.8 Å². The Labute approximate surface area is 190 Å². The van der Waals surface area contributed by atoms with Gasteiger partial charge >= 0.3 is 0 Å². The number of carbonyl (C=O) groups is 2. The van der Waals surface area contributed by atoms with Crippen LogP contribution in [0.3, 0.4) is 0 Å². The maximum absolute atomic E-state index is 12.7. The summed E-state index contributed by atoms with van der Waals surface area (Å²) in [5.41, 5.74) is 3.41. The Kier molecular flexibility index (Phi) is 6.73. The van der Waals surface area contributed by atoms with E-state index < -0.39 is 0 Å². The molecule has 4 rings (SSSR count). The summed E-state index contributed by atoms with van der Waals surface area (Å²) in [4.78, 5) is 32.0. The zero-order valence-electron chi connectivity index (χ0n) is 17.5. The minimum Gasteiger partial charge on any atom is -0.337 e. The molecule has 0 spiro atoms. The predicted molar refractivity (Wildman–Crippen MR) is 125 cm³/mol. The third-order valence-corrected chi connectivity index (χ3v) is 6.47. The van der Waals surface area contributed by atoms with Crippen molar-refractivity contribution in [2.75, 3.05) is 11.9 Å². The first kappa shape index (κ1) is 21.5. The predicted octanol–water partition coefficient (Wildman–Crippen LogP) is 4.18. The van der Waals surface area contributed by atoms with Crippen LogP contribution in [0.4, 0.5) is 5.00 Å². The van der Waals surface area contributed by atoms with Gasteiger partial charge in [-0.15, -0.1) is 11.3 Å². The fraction of sp³-hybridized carbons (Fsp3) is 0.200. The number of carbonyl (C=O) groups excluding carboxylic acids is 2. The van der Waals surface area contributed by atoms with Gasteiger partial charge < -0.3 is 10.2 Å². The molecule has 0 saturated heterocycles. The molecule has 1 aromatic carbocycles. The molecule has 3 aromatic rings. The maximum Gasteiger partial charge on any atom is 0.249 e. The number of aryl methyl sites for hydroxylation is 1. The number of nitriles is 1. The fourth-order valence-electron chi connectivity index (χ4n) is 3.67. The van der Waals surface area contributed by atoms with E-state index in [0.29, 0.717) is 42.9 Å². The van der Waals surface area contributed by atoms with Crippen molar-refractivity contribution in [2.24, 2.45) is 0 Å². The quantitative estimate of drug-likeness (QED) is 0.580. The van der Waals surface area contributed by atoms with Crippen molar-refractivity contribution in [3.8, 4) is 6.07 Å². The molecular formula is C25H22N4O2S. The van der Waals surface area contributed by atoms with E-state index in [2.05, 4.69) is 16.4 Å². The molecule has 0 fully saturated rings. The molecule has 0 radical (unpaired) electrons. The third-order valence-electron chi connectivity index (χ3n) is 5.34. The molecule has 2 aromatic heterocycles. The van der Waals surface area contributed by atoms with E-state index in [1.54, 1.807) is 18.5 Å². The molecular weight excluding hydrogens is 420 g/mol. The summed E-state index contributed by atoms with van der Waals surface area (Å²) in [7, 11) is 0. The third kappa shape index (κ3) is 5.10. The number of anilines is 1. The van der Waals surface area contributed by atoms with Gasteiger partial charge in [-0.1, -0.05) is 36.4 Å². The second-order valence-electron chi connectivity index (χ2n) is 7.48. The van der Waals surface area contributed by atoms with E-state index in [1.165, 1.54) is 17.4 Å². The van der Waals surface area contributed by atoms with Gasteiger partial charge in [0.2, 0.25) is 11.8 Å². The van der Waals surface area contributed by atoms with Gasteiger partial charge in [-0.3, -0.25) is 14.6 Å². The van der Waals surface area contributed by atoms with Crippen LogP contribution in [0.25, 0.3) is 6.08 Å². The number of nitrogens with one attached hydrogen (secondary N) is 1. The van der Waals surface area contributed by atoms with Crippen LogP contribution in [-0.4, -0.2) is 28.2 Å². The lowest BCUT2D eigenvalue weighted by molar-refractivity contribution is -0.132. The average molecular weight is 443 g/mol. The van der Waals surface area contributed by atoms with Gasteiger partial charge in [0, 0.05) is 36.3 Å². The fourth-order valence-corrected chi connectivity index (χ4v) is 4.88. The van der Waals surface area contributed by atoms with Gasteiger partial charge in [-0.25, -0.2) is 0 Å². The molecule has 0 bridgehead atoms. The number of thiophene rings is 1. The number of nitrogens with zero attached hydrogens (tertiary/aromatic N) is 3. The van der Waals surface area contributed by atoms with Crippen molar-refractivity contribution < 1.29 is 9.59 Å². The summed E-state index contributed by atoms with van der Waals surface area (Å²) in [6.07, 6.45) is 8.38. The Bertz CT molecular complexity index is 1180. The molecule has 0 unspecified atom stereocenters. The average Bonchev–Trinajstić information content (AvgIpc) is 3.18. The maximum atomic E-state index is 12.7. The van der Waals surface area contributed by atoms with Gasteiger partial charge in [0.05, 0.1) is 12.1 Å². The number of aromatic nitrogens is 1. The van der Waals surface area contributed by atoms with Gasteiger partial charge in [0.1, 0.15) is 11.1 Å². The van der Waals surface area contributed by atoms with Crippen molar-refractivity contribution >= 4 is 34.2 Å². The first-order chi connectivity index (χ1) is 15.6. The highest BCUT2D eigenvalue weighted by Gasteiger charge is 2.27. The molecule has 7 heteroatoms. The summed E-state index contributed by atoms with van der Waals surface area (Å²) in [5.74, 6) is -0.198. The van der Waals surface area contributed by atoms with E-state index >= 15 is 0 Å². The molecule has 32 heavy (non-hydrogen) atoms. The van der Waals surface area contributed by atoms with Gasteiger partial charge in [0.15, 0.2) is 0 Å². The highest BCUT2D eigenvalue weighted by molar-refractivity contribution is 7.16. The highest BCUT2D eigenvalue weighted by Crippen LogP contribution is 2.36. The molecule has 0 aliphatic carbocycles. The van der Waals surface area contributed by atoms with Gasteiger partial charge in [-0.2, -0.15) is 5.26 Å². The van der Waals surface area contributed by atoms with Crippen LogP contribution in [0.5, 0.6) is 0 Å². The van der Waals surface area contributed by atoms with Crippen LogP contribution >= 0.6 is 11.3 Å². The molecule has 160 valence electrons. The van der Waals surface area contributed by atoms with Crippen molar-refractivity contribution in [3.05, 3.63) is 88.1 Å². The molecule has 1 N–H and O–H groups in total. The van der Waals surface area contributed by atoms with Crippen LogP contribution < -0.4 is 5.32 Å². The number of pyridine rings is 1. The number of benzene rings is 1. The van der Waals surface area contributed by atoms with Crippen molar-refractivity contribution in [3.63, 3.8) is 0 Å². The normalized spacial score (nSPS) is 12.9. The van der Waals surface area contributed by atoms with Crippen LogP contribution in [0.1, 0.15) is 33.6 Å². The Balaban J connectivity index is 1.41. The van der Waals surface area contributed by atoms with Gasteiger partial charge in [-0.05, 0) is 41.7 Å². The monoisotopic (exact) mass is 442 g/mol. The Morgan fingerprint density at radius 2 is 2.06 bits per heavy atom. The molecule has 3 heterocycles. The minimum atomic E-state index is -0.284. The summed E-state index contributed by atoms with van der Waals surface area (Å²) in [5, 5.41) is 13.1.